The second kappa shape index (κ2) is 5.58. The highest BCUT2D eigenvalue weighted by atomic mass is 19.2. The van der Waals surface area contributed by atoms with E-state index < -0.39 is 11.6 Å². The van der Waals surface area contributed by atoms with Crippen molar-refractivity contribution in [1.29, 1.82) is 0 Å². The van der Waals surface area contributed by atoms with Crippen LogP contribution in [0.4, 0.5) is 8.78 Å². The topological polar surface area (TPSA) is 20.2 Å². The summed E-state index contributed by atoms with van der Waals surface area (Å²) in [5.74, 6) is -0.892. The number of rotatable bonds is 4. The van der Waals surface area contributed by atoms with Crippen LogP contribution in [0, 0.1) is 23.5 Å². The van der Waals surface area contributed by atoms with Crippen LogP contribution in [0.25, 0.3) is 0 Å². The molecule has 1 aromatic rings. The lowest BCUT2D eigenvalue weighted by atomic mass is 9.86. The van der Waals surface area contributed by atoms with E-state index in [1.165, 1.54) is 18.9 Å². The standard InChI is InChI=1S/C14H18F2O/c15-13-6-5-10(8-14(13)16)7-12(9-17)11-3-1-2-4-11/h5-6,8,11-12,17H,1-4,7,9H2. The average Bonchev–Trinajstić information content (AvgIpc) is 2.84. The summed E-state index contributed by atoms with van der Waals surface area (Å²) in [6.45, 7) is 0.129. The van der Waals surface area contributed by atoms with E-state index in [4.69, 9.17) is 0 Å². The van der Waals surface area contributed by atoms with Gasteiger partial charge in [0.1, 0.15) is 0 Å². The maximum atomic E-state index is 13.1. The second-order valence-corrected chi connectivity index (χ2v) is 4.94. The summed E-state index contributed by atoms with van der Waals surface area (Å²) in [5.41, 5.74) is 0.773. The predicted molar refractivity (Wildman–Crippen MR) is 62.6 cm³/mol. The molecule has 1 unspecified atom stereocenters. The van der Waals surface area contributed by atoms with Gasteiger partial charge in [-0.1, -0.05) is 31.7 Å². The van der Waals surface area contributed by atoms with Crippen LogP contribution in [-0.2, 0) is 6.42 Å². The Bertz CT molecular complexity index is 372. The maximum Gasteiger partial charge on any atom is 0.159 e. The van der Waals surface area contributed by atoms with E-state index in [2.05, 4.69) is 0 Å². The number of hydrogen-bond acceptors (Lipinski definition) is 1. The van der Waals surface area contributed by atoms with Gasteiger partial charge in [0.25, 0.3) is 0 Å². The maximum absolute atomic E-state index is 13.1. The molecule has 1 fully saturated rings. The molecule has 1 nitrogen and oxygen atoms in total. The monoisotopic (exact) mass is 240 g/mol. The third-order valence-electron chi connectivity index (χ3n) is 3.78. The number of hydrogen-bond donors (Lipinski definition) is 1. The van der Waals surface area contributed by atoms with Crippen LogP contribution < -0.4 is 0 Å². The van der Waals surface area contributed by atoms with Crippen LogP contribution in [0.1, 0.15) is 31.2 Å². The van der Waals surface area contributed by atoms with Crippen molar-refractivity contribution in [3.05, 3.63) is 35.4 Å². The van der Waals surface area contributed by atoms with E-state index in [9.17, 15) is 13.9 Å². The van der Waals surface area contributed by atoms with E-state index in [1.54, 1.807) is 6.07 Å². The zero-order valence-corrected chi connectivity index (χ0v) is 9.83. The summed E-state index contributed by atoms with van der Waals surface area (Å²) in [6, 6.07) is 4.01. The lowest BCUT2D eigenvalue weighted by Gasteiger charge is -2.21. The van der Waals surface area contributed by atoms with E-state index in [0.29, 0.717) is 12.3 Å². The first-order valence-corrected chi connectivity index (χ1v) is 6.25. The molecular formula is C14H18F2O. The molecule has 1 saturated carbocycles. The van der Waals surface area contributed by atoms with E-state index >= 15 is 0 Å². The van der Waals surface area contributed by atoms with Crippen molar-refractivity contribution >= 4 is 0 Å². The van der Waals surface area contributed by atoms with Gasteiger partial charge in [0, 0.05) is 6.61 Å². The molecule has 0 saturated heterocycles. The second-order valence-electron chi connectivity index (χ2n) is 4.94. The number of aliphatic hydroxyl groups excluding tert-OH is 1. The smallest absolute Gasteiger partial charge is 0.159 e. The van der Waals surface area contributed by atoms with Crippen LogP contribution in [-0.4, -0.2) is 11.7 Å². The van der Waals surface area contributed by atoms with Crippen LogP contribution in [0.2, 0.25) is 0 Å². The summed E-state index contributed by atoms with van der Waals surface area (Å²) >= 11 is 0. The fraction of sp³-hybridized carbons (Fsp3) is 0.571. The van der Waals surface area contributed by atoms with Gasteiger partial charge in [0.05, 0.1) is 0 Å². The fourth-order valence-corrected chi connectivity index (χ4v) is 2.78. The Morgan fingerprint density at radius 1 is 1.18 bits per heavy atom. The predicted octanol–water partition coefficient (Wildman–Crippen LogP) is 3.31. The zero-order chi connectivity index (χ0) is 12.3. The van der Waals surface area contributed by atoms with Crippen molar-refractivity contribution in [3.8, 4) is 0 Å². The quantitative estimate of drug-likeness (QED) is 0.856. The van der Waals surface area contributed by atoms with Gasteiger partial charge < -0.3 is 5.11 Å². The highest BCUT2D eigenvalue weighted by molar-refractivity contribution is 5.18. The van der Waals surface area contributed by atoms with Gasteiger partial charge in [-0.05, 0) is 36.0 Å². The minimum absolute atomic E-state index is 0.129. The molecule has 1 N–H and O–H groups in total. The van der Waals surface area contributed by atoms with Crippen molar-refractivity contribution in [2.45, 2.75) is 32.1 Å². The van der Waals surface area contributed by atoms with Gasteiger partial charge in [-0.3, -0.25) is 0 Å². The molecule has 1 aliphatic rings. The molecule has 0 aliphatic heterocycles. The van der Waals surface area contributed by atoms with Gasteiger partial charge in [-0.25, -0.2) is 8.78 Å². The molecule has 0 spiro atoms. The van der Waals surface area contributed by atoms with Gasteiger partial charge in [0.15, 0.2) is 11.6 Å². The summed E-state index contributed by atoms with van der Waals surface area (Å²) in [5, 5.41) is 9.40. The molecule has 0 aromatic heterocycles. The largest absolute Gasteiger partial charge is 0.396 e. The molecule has 94 valence electrons. The molecule has 0 heterocycles. The first-order valence-electron chi connectivity index (χ1n) is 6.25. The Morgan fingerprint density at radius 2 is 1.88 bits per heavy atom. The van der Waals surface area contributed by atoms with E-state index in [0.717, 1.165) is 24.5 Å². The molecule has 1 aromatic carbocycles. The molecule has 3 heteroatoms. The SMILES string of the molecule is OCC(Cc1ccc(F)c(F)c1)C1CCCC1. The van der Waals surface area contributed by atoms with E-state index in [-0.39, 0.29) is 12.5 Å². The van der Waals surface area contributed by atoms with Crippen molar-refractivity contribution in [2.75, 3.05) is 6.61 Å². The molecule has 0 amide bonds. The third kappa shape index (κ3) is 3.03. The number of benzene rings is 1. The van der Waals surface area contributed by atoms with Crippen LogP contribution in [0.3, 0.4) is 0 Å². The Balaban J connectivity index is 2.04. The summed E-state index contributed by atoms with van der Waals surface area (Å²) < 4.78 is 25.9. The minimum atomic E-state index is -0.810. The normalized spacial score (nSPS) is 18.5. The van der Waals surface area contributed by atoms with Crippen molar-refractivity contribution < 1.29 is 13.9 Å². The number of halogens is 2. The molecule has 17 heavy (non-hydrogen) atoms. The lowest BCUT2D eigenvalue weighted by molar-refractivity contribution is 0.175. The first-order chi connectivity index (χ1) is 8.20. The Morgan fingerprint density at radius 3 is 2.47 bits per heavy atom. The van der Waals surface area contributed by atoms with Crippen molar-refractivity contribution in [3.63, 3.8) is 0 Å². The fourth-order valence-electron chi connectivity index (χ4n) is 2.78. The van der Waals surface area contributed by atoms with E-state index in [1.807, 2.05) is 0 Å². The van der Waals surface area contributed by atoms with Crippen molar-refractivity contribution in [1.82, 2.24) is 0 Å². The average molecular weight is 240 g/mol. The van der Waals surface area contributed by atoms with Gasteiger partial charge in [-0.15, -0.1) is 0 Å². The molecule has 0 bridgehead atoms. The minimum Gasteiger partial charge on any atom is -0.396 e. The summed E-state index contributed by atoms with van der Waals surface area (Å²) in [6.07, 6.45) is 5.38. The molecule has 0 radical (unpaired) electrons. The van der Waals surface area contributed by atoms with Crippen LogP contribution in [0.5, 0.6) is 0 Å². The van der Waals surface area contributed by atoms with Crippen LogP contribution >= 0.6 is 0 Å². The molecule has 1 atom stereocenters. The molecular weight excluding hydrogens is 222 g/mol. The van der Waals surface area contributed by atoms with Gasteiger partial charge in [-0.2, -0.15) is 0 Å². The van der Waals surface area contributed by atoms with Crippen molar-refractivity contribution in [2.24, 2.45) is 11.8 Å². The third-order valence-corrected chi connectivity index (χ3v) is 3.78. The van der Waals surface area contributed by atoms with Gasteiger partial charge in [0.2, 0.25) is 0 Å². The first kappa shape index (κ1) is 12.5. The highest BCUT2D eigenvalue weighted by Gasteiger charge is 2.24. The zero-order valence-electron chi connectivity index (χ0n) is 9.83. The molecule has 1 aliphatic carbocycles. The Labute approximate surface area is 100 Å². The van der Waals surface area contributed by atoms with Crippen LogP contribution in [0.15, 0.2) is 18.2 Å². The summed E-state index contributed by atoms with van der Waals surface area (Å²) in [4.78, 5) is 0. The molecule has 2 rings (SSSR count). The highest BCUT2D eigenvalue weighted by Crippen LogP contribution is 2.33. The Kier molecular flexibility index (Phi) is 4.11. The Hall–Kier alpha value is -0.960. The van der Waals surface area contributed by atoms with Gasteiger partial charge >= 0.3 is 0 Å². The lowest BCUT2D eigenvalue weighted by Crippen LogP contribution is -2.18. The summed E-state index contributed by atoms with van der Waals surface area (Å²) in [7, 11) is 0. The number of aliphatic hydroxyl groups is 1.